The Balaban J connectivity index is 2.24. The van der Waals surface area contributed by atoms with E-state index in [9.17, 15) is 4.79 Å². The molecule has 0 bridgehead atoms. The van der Waals surface area contributed by atoms with E-state index < -0.39 is 0 Å². The van der Waals surface area contributed by atoms with Gasteiger partial charge >= 0.3 is 0 Å². The zero-order valence-electron chi connectivity index (χ0n) is 11.7. The van der Waals surface area contributed by atoms with Gasteiger partial charge in [-0.1, -0.05) is 6.92 Å². The molecule has 0 aliphatic heterocycles. The fraction of sp³-hybridized carbons (Fsp3) is 0.643. The topological polar surface area (TPSA) is 41.1 Å². The highest BCUT2D eigenvalue weighted by molar-refractivity contribution is 7.11. The van der Waals surface area contributed by atoms with E-state index in [2.05, 4.69) is 43.5 Å². The number of aryl methyl sites for hydroxylation is 1. The van der Waals surface area contributed by atoms with Gasteiger partial charge in [0.2, 0.25) is 5.91 Å². The van der Waals surface area contributed by atoms with Gasteiger partial charge in [0.1, 0.15) is 0 Å². The van der Waals surface area contributed by atoms with E-state index >= 15 is 0 Å². The highest BCUT2D eigenvalue weighted by atomic mass is 32.1. The molecule has 0 spiro atoms. The molecule has 2 atom stereocenters. The lowest BCUT2D eigenvalue weighted by molar-refractivity contribution is -0.120. The van der Waals surface area contributed by atoms with Crippen LogP contribution in [0, 0.1) is 6.92 Å². The Morgan fingerprint density at radius 3 is 2.61 bits per heavy atom. The minimum atomic E-state index is 0.0820. The molecule has 1 heterocycles. The average molecular weight is 268 g/mol. The van der Waals surface area contributed by atoms with Crippen LogP contribution in [-0.2, 0) is 11.2 Å². The van der Waals surface area contributed by atoms with Crippen molar-refractivity contribution in [3.63, 3.8) is 0 Å². The lowest BCUT2D eigenvalue weighted by atomic mass is 10.2. The molecule has 0 aromatic carbocycles. The smallest absolute Gasteiger partial charge is 0.234 e. The summed E-state index contributed by atoms with van der Waals surface area (Å²) in [5.74, 6) is 0.0820. The third-order valence-electron chi connectivity index (χ3n) is 2.93. The Hall–Kier alpha value is -0.870. The van der Waals surface area contributed by atoms with Crippen molar-refractivity contribution >= 4 is 17.2 Å². The highest BCUT2D eigenvalue weighted by Gasteiger charge is 2.09. The maximum Gasteiger partial charge on any atom is 0.234 e. The number of carbonyl (C=O) groups excluding carboxylic acids is 1. The molecule has 102 valence electrons. The predicted molar refractivity (Wildman–Crippen MR) is 78.1 cm³/mol. The van der Waals surface area contributed by atoms with Gasteiger partial charge in [-0.05, 0) is 45.7 Å². The molecular formula is C14H24N2OS. The van der Waals surface area contributed by atoms with Gasteiger partial charge < -0.3 is 10.6 Å². The van der Waals surface area contributed by atoms with E-state index in [0.717, 1.165) is 12.8 Å². The molecule has 3 nitrogen and oxygen atoms in total. The molecule has 2 N–H and O–H groups in total. The van der Waals surface area contributed by atoms with Crippen LogP contribution >= 0.6 is 11.3 Å². The third kappa shape index (κ3) is 5.65. The average Bonchev–Trinajstić information content (AvgIpc) is 2.72. The van der Waals surface area contributed by atoms with E-state index in [1.54, 1.807) is 0 Å². The molecular weight excluding hydrogens is 244 g/mol. The number of hydrogen-bond acceptors (Lipinski definition) is 3. The zero-order chi connectivity index (χ0) is 13.5. The Morgan fingerprint density at radius 2 is 2.06 bits per heavy atom. The van der Waals surface area contributed by atoms with Crippen molar-refractivity contribution in [2.45, 2.75) is 52.6 Å². The van der Waals surface area contributed by atoms with Crippen LogP contribution < -0.4 is 10.6 Å². The molecule has 1 rings (SSSR count). The van der Waals surface area contributed by atoms with Crippen LogP contribution in [0.5, 0.6) is 0 Å². The van der Waals surface area contributed by atoms with Crippen LogP contribution in [0.2, 0.25) is 0 Å². The summed E-state index contributed by atoms with van der Waals surface area (Å²) in [4.78, 5) is 14.3. The number of carbonyl (C=O) groups is 1. The number of hydrogen-bond donors (Lipinski definition) is 2. The first kappa shape index (κ1) is 15.2. The van der Waals surface area contributed by atoms with Gasteiger partial charge in [-0.15, -0.1) is 11.3 Å². The van der Waals surface area contributed by atoms with Crippen molar-refractivity contribution in [3.8, 4) is 0 Å². The summed E-state index contributed by atoms with van der Waals surface area (Å²) in [6.07, 6.45) is 1.95. The lowest BCUT2D eigenvalue weighted by Crippen LogP contribution is -2.41. The monoisotopic (exact) mass is 268 g/mol. The molecule has 1 amide bonds. The molecule has 0 saturated heterocycles. The molecule has 4 heteroatoms. The van der Waals surface area contributed by atoms with Crippen LogP contribution in [0.25, 0.3) is 0 Å². The first-order valence-corrected chi connectivity index (χ1v) is 7.41. The third-order valence-corrected chi connectivity index (χ3v) is 3.96. The van der Waals surface area contributed by atoms with Gasteiger partial charge in [-0.2, -0.15) is 0 Å². The Labute approximate surface area is 114 Å². The number of nitrogens with one attached hydrogen (secondary N) is 2. The molecule has 0 radical (unpaired) electrons. The van der Waals surface area contributed by atoms with E-state index in [4.69, 9.17) is 0 Å². The summed E-state index contributed by atoms with van der Waals surface area (Å²) in [6, 6.07) is 4.89. The second-order valence-corrected chi connectivity index (χ2v) is 6.25. The van der Waals surface area contributed by atoms with E-state index in [-0.39, 0.29) is 11.9 Å². The first-order valence-electron chi connectivity index (χ1n) is 6.59. The van der Waals surface area contributed by atoms with Gasteiger partial charge in [-0.3, -0.25) is 4.79 Å². The zero-order valence-corrected chi connectivity index (χ0v) is 12.6. The normalized spacial score (nSPS) is 14.2. The molecule has 0 saturated carbocycles. The van der Waals surface area contributed by atoms with Crippen LogP contribution in [0.15, 0.2) is 12.1 Å². The summed E-state index contributed by atoms with van der Waals surface area (Å²) in [5, 5.41) is 6.22. The van der Waals surface area contributed by atoms with Crippen molar-refractivity contribution in [1.82, 2.24) is 10.6 Å². The Morgan fingerprint density at radius 1 is 1.33 bits per heavy atom. The highest BCUT2D eigenvalue weighted by Crippen LogP contribution is 2.16. The first-order chi connectivity index (χ1) is 8.51. The van der Waals surface area contributed by atoms with Crippen LogP contribution in [0.3, 0.4) is 0 Å². The van der Waals surface area contributed by atoms with Crippen molar-refractivity contribution in [2.75, 3.05) is 6.54 Å². The summed E-state index contributed by atoms with van der Waals surface area (Å²) in [7, 11) is 0. The van der Waals surface area contributed by atoms with Gasteiger partial charge in [0.05, 0.1) is 6.54 Å². The lowest BCUT2D eigenvalue weighted by Gasteiger charge is -2.15. The Kier molecular flexibility index (Phi) is 6.36. The van der Waals surface area contributed by atoms with Crippen molar-refractivity contribution < 1.29 is 4.79 Å². The molecule has 2 unspecified atom stereocenters. The summed E-state index contributed by atoms with van der Waals surface area (Å²) < 4.78 is 0. The van der Waals surface area contributed by atoms with Crippen molar-refractivity contribution in [2.24, 2.45) is 0 Å². The number of amides is 1. The van der Waals surface area contributed by atoms with Crippen molar-refractivity contribution in [3.05, 3.63) is 21.9 Å². The van der Waals surface area contributed by atoms with E-state index in [1.807, 2.05) is 18.3 Å². The predicted octanol–water partition coefficient (Wildman–Crippen LogP) is 2.49. The minimum Gasteiger partial charge on any atom is -0.353 e. The van der Waals surface area contributed by atoms with E-state index in [0.29, 0.717) is 12.6 Å². The maximum atomic E-state index is 11.6. The summed E-state index contributed by atoms with van der Waals surface area (Å²) in [5.41, 5.74) is 0. The fourth-order valence-electron chi connectivity index (χ4n) is 1.66. The van der Waals surface area contributed by atoms with Gasteiger partial charge in [0, 0.05) is 21.8 Å². The SMILES string of the molecule is CCC(C)NC(=O)CNC(C)Cc1ccc(C)s1. The van der Waals surface area contributed by atoms with Crippen LogP contribution in [0.1, 0.15) is 36.9 Å². The Bertz CT molecular complexity index is 376. The van der Waals surface area contributed by atoms with Crippen LogP contribution in [0.4, 0.5) is 0 Å². The van der Waals surface area contributed by atoms with Crippen molar-refractivity contribution in [1.29, 1.82) is 0 Å². The minimum absolute atomic E-state index is 0.0820. The van der Waals surface area contributed by atoms with E-state index in [1.165, 1.54) is 9.75 Å². The van der Waals surface area contributed by atoms with Crippen LogP contribution in [-0.4, -0.2) is 24.5 Å². The quantitative estimate of drug-likeness (QED) is 0.798. The molecule has 1 aromatic heterocycles. The van der Waals surface area contributed by atoms with Gasteiger partial charge in [0.25, 0.3) is 0 Å². The number of thiophene rings is 1. The molecule has 18 heavy (non-hydrogen) atoms. The van der Waals surface area contributed by atoms with Gasteiger partial charge in [0.15, 0.2) is 0 Å². The van der Waals surface area contributed by atoms with Gasteiger partial charge in [-0.25, -0.2) is 0 Å². The largest absolute Gasteiger partial charge is 0.353 e. The molecule has 0 aliphatic carbocycles. The summed E-state index contributed by atoms with van der Waals surface area (Å²) >= 11 is 1.82. The fourth-order valence-corrected chi connectivity index (χ4v) is 2.68. The number of rotatable bonds is 7. The molecule has 0 aliphatic rings. The second kappa shape index (κ2) is 7.54. The molecule has 0 fully saturated rings. The molecule has 1 aromatic rings. The summed E-state index contributed by atoms with van der Waals surface area (Å²) in [6.45, 7) is 8.73. The second-order valence-electron chi connectivity index (χ2n) is 4.88. The standard InChI is InChI=1S/C14H24N2OS/c1-5-10(2)16-14(17)9-15-11(3)8-13-7-6-12(4)18-13/h6-7,10-11,15H,5,8-9H2,1-4H3,(H,16,17). The maximum absolute atomic E-state index is 11.6.